The van der Waals surface area contributed by atoms with Crippen LogP contribution in [0.5, 0.6) is 0 Å². The Balaban J connectivity index is 1.85. The standard InChI is InChI=1S/C30H51N9O6/c1-5-19(2)26-30(45)34-23(28(43)32-13-8-12-25(40)41)10-6-7-15-39-18-22(36-37-39)16-21(33-27(42)20(3)31-4)17-38-14-9-11-24(38)29(44)35-26/h18-21,23-24,26,31H,5-17H2,1-4H3,(H,32,43)(H,33,42)(H,34,45)(H,35,44)(H,40,41). The fraction of sp³-hybridized carbons (Fsp3) is 0.767. The SMILES string of the molecule is CCC(C)C1NC(=O)C2CCCN2CC(NC(=O)C(C)NC)Cc2cn(nn2)CCCCC(C(=O)NCCCC(=O)O)NC1=O. The zero-order valence-corrected chi connectivity index (χ0v) is 27.0. The monoisotopic (exact) mass is 633 g/mol. The lowest BCUT2D eigenvalue weighted by atomic mass is 9.96. The second-order valence-corrected chi connectivity index (χ2v) is 12.3. The van der Waals surface area contributed by atoms with Gasteiger partial charge >= 0.3 is 5.97 Å². The van der Waals surface area contributed by atoms with Crippen molar-refractivity contribution < 1.29 is 29.1 Å². The van der Waals surface area contributed by atoms with Crippen molar-refractivity contribution in [1.29, 1.82) is 0 Å². The lowest BCUT2D eigenvalue weighted by Crippen LogP contribution is -2.58. The van der Waals surface area contributed by atoms with E-state index in [1.807, 2.05) is 20.0 Å². The lowest BCUT2D eigenvalue weighted by Gasteiger charge is -2.31. The molecule has 3 heterocycles. The molecule has 252 valence electrons. The quantitative estimate of drug-likeness (QED) is 0.184. The Kier molecular flexibility index (Phi) is 14.2. The van der Waals surface area contributed by atoms with Crippen LogP contribution in [0.2, 0.25) is 0 Å². The molecule has 1 saturated heterocycles. The van der Waals surface area contributed by atoms with Crippen LogP contribution < -0.4 is 26.6 Å². The maximum atomic E-state index is 13.7. The minimum absolute atomic E-state index is 0.0698. The third-order valence-electron chi connectivity index (χ3n) is 8.76. The first-order valence-corrected chi connectivity index (χ1v) is 16.2. The fourth-order valence-corrected chi connectivity index (χ4v) is 5.72. The minimum Gasteiger partial charge on any atom is -0.481 e. The van der Waals surface area contributed by atoms with Gasteiger partial charge in [0.1, 0.15) is 12.1 Å². The lowest BCUT2D eigenvalue weighted by molar-refractivity contribution is -0.137. The predicted molar refractivity (Wildman–Crippen MR) is 166 cm³/mol. The van der Waals surface area contributed by atoms with Crippen molar-refractivity contribution in [3.05, 3.63) is 11.9 Å². The Morgan fingerprint density at radius 2 is 1.87 bits per heavy atom. The molecule has 2 aliphatic rings. The Labute approximate surface area is 265 Å². The normalized spacial score (nSPS) is 25.1. The smallest absolute Gasteiger partial charge is 0.303 e. The number of rotatable bonds is 10. The number of aryl methyl sites for hydroxylation is 1. The number of aromatic nitrogens is 3. The summed E-state index contributed by atoms with van der Waals surface area (Å²) < 4.78 is 1.73. The molecule has 6 N–H and O–H groups in total. The van der Waals surface area contributed by atoms with Crippen molar-refractivity contribution in [2.45, 2.75) is 115 Å². The van der Waals surface area contributed by atoms with Crippen molar-refractivity contribution >= 4 is 29.6 Å². The molecule has 2 aliphatic heterocycles. The summed E-state index contributed by atoms with van der Waals surface area (Å²) in [7, 11) is 1.72. The second kappa shape index (κ2) is 17.8. The van der Waals surface area contributed by atoms with Crippen LogP contribution in [0.3, 0.4) is 0 Å². The number of hydrogen-bond donors (Lipinski definition) is 6. The van der Waals surface area contributed by atoms with Gasteiger partial charge in [-0.15, -0.1) is 5.10 Å². The van der Waals surface area contributed by atoms with Crippen LogP contribution in [0, 0.1) is 5.92 Å². The number of carboxylic acid groups (broad SMARTS) is 1. The van der Waals surface area contributed by atoms with Crippen molar-refractivity contribution in [1.82, 2.24) is 46.5 Å². The molecule has 1 aromatic rings. The van der Waals surface area contributed by atoms with Gasteiger partial charge in [-0.05, 0) is 65.0 Å². The number of hydrogen-bond acceptors (Lipinski definition) is 9. The first-order chi connectivity index (χ1) is 21.5. The molecule has 3 rings (SSSR count). The van der Waals surface area contributed by atoms with Crippen molar-refractivity contribution in [3.63, 3.8) is 0 Å². The minimum atomic E-state index is -0.943. The molecule has 6 unspecified atom stereocenters. The summed E-state index contributed by atoms with van der Waals surface area (Å²) in [4.78, 5) is 66.2. The number of carbonyl (C=O) groups is 5. The van der Waals surface area contributed by atoms with Crippen LogP contribution in [0.25, 0.3) is 0 Å². The van der Waals surface area contributed by atoms with Gasteiger partial charge in [-0.3, -0.25) is 33.6 Å². The van der Waals surface area contributed by atoms with E-state index in [1.165, 1.54) is 0 Å². The van der Waals surface area contributed by atoms with Crippen LogP contribution in [0.1, 0.15) is 77.8 Å². The zero-order chi connectivity index (χ0) is 32.9. The molecule has 0 aliphatic carbocycles. The van der Waals surface area contributed by atoms with Gasteiger partial charge in [0.2, 0.25) is 23.6 Å². The molecule has 0 saturated carbocycles. The second-order valence-electron chi connectivity index (χ2n) is 12.3. The zero-order valence-electron chi connectivity index (χ0n) is 27.0. The topological polar surface area (TPSA) is 200 Å². The van der Waals surface area contributed by atoms with Gasteiger partial charge in [0.25, 0.3) is 0 Å². The first kappa shape index (κ1) is 35.9. The van der Waals surface area contributed by atoms with Gasteiger partial charge in [0.15, 0.2) is 0 Å². The number of nitrogens with one attached hydrogen (secondary N) is 5. The van der Waals surface area contributed by atoms with Crippen LogP contribution in [0.15, 0.2) is 6.20 Å². The molecule has 1 aromatic heterocycles. The third-order valence-corrected chi connectivity index (χ3v) is 8.76. The largest absolute Gasteiger partial charge is 0.481 e. The van der Waals surface area contributed by atoms with E-state index in [9.17, 15) is 24.0 Å². The average Bonchev–Trinajstić information content (AvgIpc) is 3.67. The Bertz CT molecular complexity index is 1160. The number of likely N-dealkylation sites (N-methyl/N-ethyl adjacent to an activating group) is 1. The molecule has 15 nitrogen and oxygen atoms in total. The van der Waals surface area contributed by atoms with E-state index in [2.05, 4.69) is 41.8 Å². The Morgan fingerprint density at radius 3 is 2.58 bits per heavy atom. The molecule has 6 atom stereocenters. The first-order valence-electron chi connectivity index (χ1n) is 16.2. The molecule has 4 amide bonds. The van der Waals surface area contributed by atoms with E-state index in [0.717, 1.165) is 12.1 Å². The predicted octanol–water partition coefficient (Wildman–Crippen LogP) is -0.442. The van der Waals surface area contributed by atoms with E-state index < -0.39 is 36.0 Å². The summed E-state index contributed by atoms with van der Waals surface area (Å²) in [6.45, 7) is 7.45. The van der Waals surface area contributed by atoms with Crippen molar-refractivity contribution in [2.24, 2.45) is 5.92 Å². The van der Waals surface area contributed by atoms with E-state index in [0.29, 0.717) is 58.2 Å². The molecule has 1 fully saturated rings. The van der Waals surface area contributed by atoms with Crippen LogP contribution >= 0.6 is 0 Å². The highest BCUT2D eigenvalue weighted by Gasteiger charge is 2.37. The molecule has 0 spiro atoms. The third kappa shape index (κ3) is 11.1. The van der Waals surface area contributed by atoms with Gasteiger partial charge < -0.3 is 31.7 Å². The molecule has 0 aromatic carbocycles. The highest BCUT2D eigenvalue weighted by atomic mass is 16.4. The van der Waals surface area contributed by atoms with Crippen molar-refractivity contribution in [2.75, 3.05) is 26.7 Å². The molecular formula is C30H51N9O6. The maximum Gasteiger partial charge on any atom is 0.303 e. The van der Waals surface area contributed by atoms with Gasteiger partial charge in [0, 0.05) is 44.7 Å². The fourth-order valence-electron chi connectivity index (χ4n) is 5.72. The van der Waals surface area contributed by atoms with Gasteiger partial charge in [-0.1, -0.05) is 25.5 Å². The summed E-state index contributed by atoms with van der Waals surface area (Å²) in [6, 6.07) is -2.87. The van der Waals surface area contributed by atoms with E-state index in [4.69, 9.17) is 5.11 Å². The Hall–Kier alpha value is -3.59. The number of amides is 4. The highest BCUT2D eigenvalue weighted by Crippen LogP contribution is 2.20. The number of fused-ring (bicyclic) bond motifs is 3. The van der Waals surface area contributed by atoms with Gasteiger partial charge in [-0.25, -0.2) is 0 Å². The van der Waals surface area contributed by atoms with Gasteiger partial charge in [0.05, 0.1) is 17.8 Å². The summed E-state index contributed by atoms with van der Waals surface area (Å²) in [5.41, 5.74) is 0.724. The number of carbonyl (C=O) groups excluding carboxylic acids is 4. The summed E-state index contributed by atoms with van der Waals surface area (Å²) >= 11 is 0. The van der Waals surface area contributed by atoms with Crippen LogP contribution in [-0.2, 0) is 36.9 Å². The molecule has 0 radical (unpaired) electrons. The maximum absolute atomic E-state index is 13.7. The average molecular weight is 634 g/mol. The van der Waals surface area contributed by atoms with E-state index in [-0.39, 0.29) is 49.1 Å². The van der Waals surface area contributed by atoms with Gasteiger partial charge in [-0.2, -0.15) is 0 Å². The van der Waals surface area contributed by atoms with E-state index in [1.54, 1.807) is 18.7 Å². The van der Waals surface area contributed by atoms with Crippen LogP contribution in [-0.4, -0.2) is 111 Å². The number of aliphatic carboxylic acids is 1. The summed E-state index contributed by atoms with van der Waals surface area (Å²) in [5.74, 6) is -2.36. The van der Waals surface area contributed by atoms with Crippen LogP contribution in [0.4, 0.5) is 0 Å². The molecular weight excluding hydrogens is 582 g/mol. The summed E-state index contributed by atoms with van der Waals surface area (Å²) in [5, 5.41) is 32.2. The van der Waals surface area contributed by atoms with E-state index >= 15 is 0 Å². The Morgan fingerprint density at radius 1 is 1.09 bits per heavy atom. The highest BCUT2D eigenvalue weighted by molar-refractivity contribution is 5.93. The molecule has 2 bridgehead atoms. The molecule has 15 heteroatoms. The summed E-state index contributed by atoms with van der Waals surface area (Å²) in [6.07, 6.45) is 6.17. The number of carboxylic acids is 1. The number of nitrogens with zero attached hydrogens (tertiary/aromatic N) is 4. The molecule has 45 heavy (non-hydrogen) atoms. The van der Waals surface area contributed by atoms with Crippen molar-refractivity contribution in [3.8, 4) is 0 Å².